The van der Waals surface area contributed by atoms with Gasteiger partial charge in [-0.15, -0.1) is 0 Å². The summed E-state index contributed by atoms with van der Waals surface area (Å²) in [5.41, 5.74) is 0. The van der Waals surface area contributed by atoms with Crippen LogP contribution < -0.4 is 10.6 Å². The molecule has 1 fully saturated rings. The Labute approximate surface area is 118 Å². The van der Waals surface area contributed by atoms with Crippen molar-refractivity contribution >= 4 is 15.7 Å². The van der Waals surface area contributed by atoms with Gasteiger partial charge in [-0.1, -0.05) is 0 Å². The van der Waals surface area contributed by atoms with E-state index in [-0.39, 0.29) is 16.9 Å². The van der Waals surface area contributed by atoms with Crippen molar-refractivity contribution in [2.75, 3.05) is 12.3 Å². The number of hydrogen-bond acceptors (Lipinski definition) is 5. The summed E-state index contributed by atoms with van der Waals surface area (Å²) in [6, 6.07) is 3.11. The Balaban J connectivity index is 1.74. The number of rotatable bonds is 6. The Morgan fingerprint density at radius 1 is 1.55 bits per heavy atom. The second-order valence-electron chi connectivity index (χ2n) is 5.06. The van der Waals surface area contributed by atoms with Crippen LogP contribution >= 0.6 is 0 Å². The maximum atomic E-state index is 11.8. The van der Waals surface area contributed by atoms with Gasteiger partial charge in [0.25, 0.3) is 0 Å². The maximum absolute atomic E-state index is 11.8. The highest BCUT2D eigenvalue weighted by Crippen LogP contribution is 2.19. The summed E-state index contributed by atoms with van der Waals surface area (Å²) in [6.45, 7) is 2.39. The molecule has 0 radical (unpaired) electrons. The van der Waals surface area contributed by atoms with Gasteiger partial charge in [-0.3, -0.25) is 4.79 Å². The van der Waals surface area contributed by atoms with Gasteiger partial charge in [0, 0.05) is 6.54 Å². The van der Waals surface area contributed by atoms with Gasteiger partial charge in [0.15, 0.2) is 9.84 Å². The SMILES string of the molecule is CC(NCC1CCCS1(=O)=O)C(=O)NCc1ccco1. The molecule has 1 aromatic rings. The van der Waals surface area contributed by atoms with Gasteiger partial charge in [-0.25, -0.2) is 8.42 Å². The first-order valence-corrected chi connectivity index (χ1v) is 8.45. The summed E-state index contributed by atoms with van der Waals surface area (Å²) in [4.78, 5) is 11.8. The number of amides is 1. The Morgan fingerprint density at radius 2 is 2.35 bits per heavy atom. The van der Waals surface area contributed by atoms with Crippen molar-refractivity contribution in [3.05, 3.63) is 24.2 Å². The van der Waals surface area contributed by atoms with Crippen molar-refractivity contribution in [2.45, 2.75) is 37.6 Å². The quantitative estimate of drug-likeness (QED) is 0.796. The van der Waals surface area contributed by atoms with Gasteiger partial charge in [0.05, 0.1) is 29.9 Å². The van der Waals surface area contributed by atoms with Crippen molar-refractivity contribution in [1.82, 2.24) is 10.6 Å². The van der Waals surface area contributed by atoms with Crippen LogP contribution in [0.25, 0.3) is 0 Å². The second-order valence-corrected chi connectivity index (χ2v) is 7.46. The molecule has 0 saturated carbocycles. The van der Waals surface area contributed by atoms with Crippen molar-refractivity contribution in [3.8, 4) is 0 Å². The third kappa shape index (κ3) is 3.83. The zero-order chi connectivity index (χ0) is 14.6. The molecule has 1 aliphatic heterocycles. The zero-order valence-electron chi connectivity index (χ0n) is 11.5. The molecule has 20 heavy (non-hydrogen) atoms. The molecule has 1 saturated heterocycles. The van der Waals surface area contributed by atoms with Crippen LogP contribution in [0.15, 0.2) is 22.8 Å². The number of carbonyl (C=O) groups is 1. The molecular weight excluding hydrogens is 280 g/mol. The lowest BCUT2D eigenvalue weighted by Crippen LogP contribution is -2.45. The molecule has 2 rings (SSSR count). The molecule has 0 bridgehead atoms. The minimum atomic E-state index is -2.97. The summed E-state index contributed by atoms with van der Waals surface area (Å²) in [5, 5.41) is 5.37. The summed E-state index contributed by atoms with van der Waals surface area (Å²) in [6.07, 6.45) is 2.94. The molecule has 2 atom stereocenters. The van der Waals surface area contributed by atoms with Gasteiger partial charge in [-0.05, 0) is 31.9 Å². The summed E-state index contributed by atoms with van der Waals surface area (Å²) in [5.74, 6) is 0.777. The fourth-order valence-electron chi connectivity index (χ4n) is 2.23. The Bertz CT molecular complexity index is 539. The minimum Gasteiger partial charge on any atom is -0.467 e. The molecular formula is C13H20N2O4S. The Morgan fingerprint density at radius 3 is 2.95 bits per heavy atom. The van der Waals surface area contributed by atoms with E-state index in [0.717, 1.165) is 0 Å². The van der Waals surface area contributed by atoms with E-state index in [1.807, 2.05) is 0 Å². The Kier molecular flexibility index (Phi) is 4.82. The molecule has 1 aromatic heterocycles. The summed E-state index contributed by atoms with van der Waals surface area (Å²) in [7, 11) is -2.97. The molecule has 2 N–H and O–H groups in total. The van der Waals surface area contributed by atoms with Crippen molar-refractivity contribution in [3.63, 3.8) is 0 Å². The van der Waals surface area contributed by atoms with E-state index in [9.17, 15) is 13.2 Å². The molecule has 0 spiro atoms. The summed E-state index contributed by atoms with van der Waals surface area (Å²) < 4.78 is 28.5. The van der Waals surface area contributed by atoms with E-state index in [1.54, 1.807) is 25.3 Å². The normalized spacial score (nSPS) is 22.6. The predicted octanol–water partition coefficient (Wildman–Crippen LogP) is 0.451. The fourth-order valence-corrected chi connectivity index (χ4v) is 4.01. The lowest BCUT2D eigenvalue weighted by Gasteiger charge is -2.16. The highest BCUT2D eigenvalue weighted by atomic mass is 32.2. The highest BCUT2D eigenvalue weighted by molar-refractivity contribution is 7.92. The smallest absolute Gasteiger partial charge is 0.237 e. The first-order valence-electron chi connectivity index (χ1n) is 6.74. The third-order valence-corrected chi connectivity index (χ3v) is 5.80. The van der Waals surface area contributed by atoms with E-state index in [0.29, 0.717) is 31.7 Å². The lowest BCUT2D eigenvalue weighted by molar-refractivity contribution is -0.123. The summed E-state index contributed by atoms with van der Waals surface area (Å²) >= 11 is 0. The van der Waals surface area contributed by atoms with Crippen LogP contribution in [0, 0.1) is 0 Å². The molecule has 7 heteroatoms. The predicted molar refractivity (Wildman–Crippen MR) is 74.8 cm³/mol. The van der Waals surface area contributed by atoms with Crippen molar-refractivity contribution in [2.24, 2.45) is 0 Å². The molecule has 112 valence electrons. The average molecular weight is 300 g/mol. The van der Waals surface area contributed by atoms with E-state index in [1.165, 1.54) is 0 Å². The van der Waals surface area contributed by atoms with Crippen LogP contribution in [0.2, 0.25) is 0 Å². The van der Waals surface area contributed by atoms with Gasteiger partial charge < -0.3 is 15.1 Å². The van der Waals surface area contributed by atoms with Crippen LogP contribution in [0.3, 0.4) is 0 Å². The first kappa shape index (κ1) is 15.1. The number of carbonyl (C=O) groups excluding carboxylic acids is 1. The molecule has 0 aromatic carbocycles. The monoisotopic (exact) mass is 300 g/mol. The van der Waals surface area contributed by atoms with E-state index in [4.69, 9.17) is 4.42 Å². The average Bonchev–Trinajstić information content (AvgIpc) is 3.02. The maximum Gasteiger partial charge on any atom is 0.237 e. The first-order chi connectivity index (χ1) is 9.49. The molecule has 0 aliphatic carbocycles. The molecule has 1 aliphatic rings. The molecule has 2 unspecified atom stereocenters. The van der Waals surface area contributed by atoms with Gasteiger partial charge in [0.2, 0.25) is 5.91 Å². The second kappa shape index (κ2) is 6.41. The molecule has 6 nitrogen and oxygen atoms in total. The van der Waals surface area contributed by atoms with E-state index >= 15 is 0 Å². The van der Waals surface area contributed by atoms with Crippen LogP contribution in [-0.4, -0.2) is 37.9 Å². The number of nitrogens with one attached hydrogen (secondary N) is 2. The third-order valence-electron chi connectivity index (χ3n) is 3.52. The highest BCUT2D eigenvalue weighted by Gasteiger charge is 2.31. The molecule has 2 heterocycles. The fraction of sp³-hybridized carbons (Fsp3) is 0.615. The van der Waals surface area contributed by atoms with Gasteiger partial charge >= 0.3 is 0 Å². The van der Waals surface area contributed by atoms with Gasteiger partial charge in [0.1, 0.15) is 5.76 Å². The lowest BCUT2D eigenvalue weighted by atomic mass is 10.2. The number of sulfone groups is 1. The number of hydrogen-bond donors (Lipinski definition) is 2. The van der Waals surface area contributed by atoms with E-state index in [2.05, 4.69) is 10.6 Å². The minimum absolute atomic E-state index is 0.170. The zero-order valence-corrected chi connectivity index (χ0v) is 12.3. The molecule has 1 amide bonds. The van der Waals surface area contributed by atoms with Crippen LogP contribution in [0.1, 0.15) is 25.5 Å². The van der Waals surface area contributed by atoms with Crippen LogP contribution in [0.4, 0.5) is 0 Å². The van der Waals surface area contributed by atoms with Crippen LogP contribution in [-0.2, 0) is 21.2 Å². The Hall–Kier alpha value is -1.34. The van der Waals surface area contributed by atoms with Crippen molar-refractivity contribution < 1.29 is 17.6 Å². The van der Waals surface area contributed by atoms with Crippen LogP contribution in [0.5, 0.6) is 0 Å². The number of furan rings is 1. The standard InChI is InChI=1S/C13H20N2O4S/c1-10(13(16)15-8-11-4-2-6-19-11)14-9-12-5-3-7-20(12,17)18/h2,4,6,10,12,14H,3,5,7-9H2,1H3,(H,15,16). The topological polar surface area (TPSA) is 88.4 Å². The van der Waals surface area contributed by atoms with Gasteiger partial charge in [-0.2, -0.15) is 0 Å². The van der Waals surface area contributed by atoms with E-state index < -0.39 is 15.9 Å². The van der Waals surface area contributed by atoms with Crippen molar-refractivity contribution in [1.29, 1.82) is 0 Å². The largest absolute Gasteiger partial charge is 0.467 e.